The van der Waals surface area contributed by atoms with Gasteiger partial charge in [-0.05, 0) is 27.2 Å². The minimum Gasteiger partial charge on any atom is -0.465 e. The molecule has 0 heterocycles. The third-order valence-electron chi connectivity index (χ3n) is 2.58. The van der Waals surface area contributed by atoms with Crippen molar-refractivity contribution < 1.29 is 9.53 Å². The lowest BCUT2D eigenvalue weighted by molar-refractivity contribution is -0.145. The third-order valence-corrected chi connectivity index (χ3v) is 5.18. The van der Waals surface area contributed by atoms with Crippen LogP contribution in [0.5, 0.6) is 0 Å². The Bertz CT molecular complexity index is 234. The van der Waals surface area contributed by atoms with E-state index in [0.29, 0.717) is 18.5 Å². The molecule has 0 bridgehead atoms. The first-order chi connectivity index (χ1) is 7.31. The second-order valence-corrected chi connectivity index (χ2v) is 6.49. The summed E-state index contributed by atoms with van der Waals surface area (Å²) in [4.78, 5) is 11.8. The van der Waals surface area contributed by atoms with Crippen molar-refractivity contribution in [2.45, 2.75) is 44.0 Å². The van der Waals surface area contributed by atoms with Crippen LogP contribution in [0.3, 0.4) is 0 Å². The second-order valence-electron chi connectivity index (χ2n) is 4.41. The number of alkyl halides is 2. The molecule has 0 aliphatic heterocycles. The molecule has 0 aromatic rings. The molecule has 0 saturated carbocycles. The predicted octanol–water partition coefficient (Wildman–Crippen LogP) is 2.86. The van der Waals surface area contributed by atoms with E-state index in [1.54, 1.807) is 0 Å². The van der Waals surface area contributed by atoms with Crippen molar-refractivity contribution in [2.24, 2.45) is 0 Å². The Kier molecular flexibility index (Phi) is 7.14. The van der Waals surface area contributed by atoms with E-state index in [0.717, 1.165) is 6.42 Å². The molecule has 5 heteroatoms. The molecule has 0 radical (unpaired) electrons. The molecule has 3 nitrogen and oxygen atoms in total. The summed E-state index contributed by atoms with van der Waals surface area (Å²) in [6.45, 7) is 9.08. The Hall–Kier alpha value is 0.390. The van der Waals surface area contributed by atoms with Crippen LogP contribution in [0.4, 0.5) is 0 Å². The number of ether oxygens (including phenoxy) is 1. The molecule has 1 unspecified atom stereocenters. The fourth-order valence-corrected chi connectivity index (χ4v) is 1.62. The number of esters is 1. The summed E-state index contributed by atoms with van der Waals surface area (Å²) < 4.78 is 4.36. The van der Waals surface area contributed by atoms with Crippen LogP contribution >= 0.6 is 31.9 Å². The summed E-state index contributed by atoms with van der Waals surface area (Å²) in [5.41, 5.74) is 0.0215. The maximum Gasteiger partial charge on any atom is 0.325 e. The maximum absolute atomic E-state index is 11.8. The third kappa shape index (κ3) is 5.15. The van der Waals surface area contributed by atoms with Gasteiger partial charge in [0, 0.05) is 17.4 Å². The van der Waals surface area contributed by atoms with E-state index in [9.17, 15) is 4.79 Å². The van der Waals surface area contributed by atoms with Gasteiger partial charge in [-0.3, -0.25) is 4.79 Å². The van der Waals surface area contributed by atoms with E-state index < -0.39 is 4.32 Å². The molecular weight excluding hydrogens is 338 g/mol. The number of halogens is 2. The molecule has 0 amide bonds. The normalized spacial score (nSPS) is 15.6. The predicted molar refractivity (Wildman–Crippen MR) is 74.5 cm³/mol. The van der Waals surface area contributed by atoms with Gasteiger partial charge >= 0.3 is 5.97 Å². The van der Waals surface area contributed by atoms with Crippen LogP contribution in [0.1, 0.15) is 34.1 Å². The highest BCUT2D eigenvalue weighted by atomic mass is 79.9. The standard InChI is InChI=1S/C11H21Br2NO2/c1-5-10(3,4)14-8-11(13,7-12)9(15)16-6-2/h14H,5-8H2,1-4H3. The topological polar surface area (TPSA) is 38.3 Å². The molecule has 0 aromatic carbocycles. The van der Waals surface area contributed by atoms with Crippen LogP contribution in [-0.4, -0.2) is 34.3 Å². The number of rotatable bonds is 7. The van der Waals surface area contributed by atoms with E-state index in [2.05, 4.69) is 57.9 Å². The highest BCUT2D eigenvalue weighted by Gasteiger charge is 2.37. The number of hydrogen-bond acceptors (Lipinski definition) is 3. The van der Waals surface area contributed by atoms with Gasteiger partial charge in [-0.25, -0.2) is 0 Å². The van der Waals surface area contributed by atoms with Crippen molar-refractivity contribution in [1.82, 2.24) is 5.32 Å². The molecule has 0 fully saturated rings. The van der Waals surface area contributed by atoms with E-state index in [4.69, 9.17) is 4.74 Å². The molecule has 1 atom stereocenters. The van der Waals surface area contributed by atoms with E-state index in [-0.39, 0.29) is 11.5 Å². The first kappa shape index (κ1) is 16.4. The fourth-order valence-electron chi connectivity index (χ4n) is 0.939. The minimum atomic E-state index is -0.685. The Morgan fingerprint density at radius 2 is 1.94 bits per heavy atom. The van der Waals surface area contributed by atoms with Crippen molar-refractivity contribution in [2.75, 3.05) is 18.5 Å². The molecule has 16 heavy (non-hydrogen) atoms. The fraction of sp³-hybridized carbons (Fsp3) is 0.909. The molecule has 1 N–H and O–H groups in total. The van der Waals surface area contributed by atoms with Crippen molar-refractivity contribution >= 4 is 37.8 Å². The summed E-state index contributed by atoms with van der Waals surface area (Å²) in [5.74, 6) is -0.230. The Balaban J connectivity index is 4.43. The SMILES string of the molecule is CCOC(=O)C(Br)(CBr)CNC(C)(C)CC. The van der Waals surface area contributed by atoms with Crippen LogP contribution < -0.4 is 5.32 Å². The Morgan fingerprint density at radius 3 is 2.31 bits per heavy atom. The van der Waals surface area contributed by atoms with Gasteiger partial charge in [0.1, 0.15) is 4.32 Å². The summed E-state index contributed by atoms with van der Waals surface area (Å²) in [7, 11) is 0. The molecule has 96 valence electrons. The molecule has 0 aliphatic carbocycles. The van der Waals surface area contributed by atoms with E-state index in [1.165, 1.54) is 0 Å². The highest BCUT2D eigenvalue weighted by molar-refractivity contribution is 9.12. The maximum atomic E-state index is 11.8. The Morgan fingerprint density at radius 1 is 1.38 bits per heavy atom. The highest BCUT2D eigenvalue weighted by Crippen LogP contribution is 2.23. The average Bonchev–Trinajstić information content (AvgIpc) is 2.26. The van der Waals surface area contributed by atoms with E-state index >= 15 is 0 Å². The van der Waals surface area contributed by atoms with Crippen molar-refractivity contribution in [1.29, 1.82) is 0 Å². The number of nitrogens with one attached hydrogen (secondary N) is 1. The number of carbonyl (C=O) groups excluding carboxylic acids is 1. The number of hydrogen-bond donors (Lipinski definition) is 1. The second kappa shape index (κ2) is 6.97. The smallest absolute Gasteiger partial charge is 0.325 e. The molecule has 0 aliphatic rings. The van der Waals surface area contributed by atoms with Crippen LogP contribution in [0.2, 0.25) is 0 Å². The average molecular weight is 359 g/mol. The summed E-state index contributed by atoms with van der Waals surface area (Å²) in [5, 5.41) is 3.88. The van der Waals surface area contributed by atoms with Gasteiger partial charge in [0.15, 0.2) is 0 Å². The summed E-state index contributed by atoms with van der Waals surface area (Å²) >= 11 is 6.79. The van der Waals surface area contributed by atoms with Gasteiger partial charge in [0.2, 0.25) is 0 Å². The lowest BCUT2D eigenvalue weighted by Crippen LogP contribution is -2.51. The van der Waals surface area contributed by atoms with Gasteiger partial charge in [0.25, 0.3) is 0 Å². The van der Waals surface area contributed by atoms with Gasteiger partial charge in [-0.1, -0.05) is 38.8 Å². The van der Waals surface area contributed by atoms with Crippen LogP contribution in [0, 0.1) is 0 Å². The lowest BCUT2D eigenvalue weighted by atomic mass is 10.0. The summed E-state index contributed by atoms with van der Waals surface area (Å²) in [6, 6.07) is 0. The molecule has 0 rings (SSSR count). The zero-order valence-electron chi connectivity index (χ0n) is 10.4. The van der Waals surface area contributed by atoms with Crippen LogP contribution in [0.15, 0.2) is 0 Å². The molecular formula is C11H21Br2NO2. The zero-order chi connectivity index (χ0) is 12.8. The molecule has 0 spiro atoms. The minimum absolute atomic E-state index is 0.0215. The van der Waals surface area contributed by atoms with Gasteiger partial charge in [-0.15, -0.1) is 0 Å². The van der Waals surface area contributed by atoms with Crippen LogP contribution in [-0.2, 0) is 9.53 Å². The summed E-state index contributed by atoms with van der Waals surface area (Å²) in [6.07, 6.45) is 1.00. The Labute approximate surface area is 115 Å². The van der Waals surface area contributed by atoms with Gasteiger partial charge in [0.05, 0.1) is 6.61 Å². The van der Waals surface area contributed by atoms with Crippen molar-refractivity contribution in [3.63, 3.8) is 0 Å². The molecule has 0 aromatic heterocycles. The first-order valence-electron chi connectivity index (χ1n) is 5.48. The van der Waals surface area contributed by atoms with E-state index in [1.807, 2.05) is 6.92 Å². The number of carbonyl (C=O) groups is 1. The monoisotopic (exact) mass is 357 g/mol. The van der Waals surface area contributed by atoms with Crippen LogP contribution in [0.25, 0.3) is 0 Å². The lowest BCUT2D eigenvalue weighted by Gasteiger charge is -2.30. The molecule has 0 saturated heterocycles. The quantitative estimate of drug-likeness (QED) is 0.561. The van der Waals surface area contributed by atoms with Gasteiger partial charge in [-0.2, -0.15) is 0 Å². The van der Waals surface area contributed by atoms with Crippen molar-refractivity contribution in [3.05, 3.63) is 0 Å². The zero-order valence-corrected chi connectivity index (χ0v) is 13.6. The largest absolute Gasteiger partial charge is 0.465 e. The van der Waals surface area contributed by atoms with Crippen molar-refractivity contribution in [3.8, 4) is 0 Å². The van der Waals surface area contributed by atoms with Gasteiger partial charge < -0.3 is 10.1 Å². The first-order valence-corrected chi connectivity index (χ1v) is 7.40.